The largest absolute Gasteiger partial charge is 0.389 e. The van der Waals surface area contributed by atoms with Crippen molar-refractivity contribution in [3.8, 4) is 0 Å². The maximum absolute atomic E-state index is 9.47. The zero-order chi connectivity index (χ0) is 9.31. The number of hydrogen-bond acceptors (Lipinski definition) is 1. The van der Waals surface area contributed by atoms with Crippen LogP contribution in [0.15, 0.2) is 42.1 Å². The van der Waals surface area contributed by atoms with E-state index in [1.807, 2.05) is 12.1 Å². The molecule has 1 aromatic rings. The fraction of sp³-hybridized carbons (Fsp3) is 0.273. The number of aliphatic hydroxyl groups excluding tert-OH is 1. The van der Waals surface area contributed by atoms with Gasteiger partial charge in [0.25, 0.3) is 0 Å². The molecule has 1 N–H and O–H groups in total. The molecule has 0 unspecified atom stereocenters. The molecule has 1 aliphatic rings. The SMILES string of the molecule is C[Si@]1(c2ccccc2)C=C[C@H](O)C1. The van der Waals surface area contributed by atoms with Gasteiger partial charge in [-0.05, 0) is 6.04 Å². The predicted molar refractivity (Wildman–Crippen MR) is 57.6 cm³/mol. The van der Waals surface area contributed by atoms with E-state index in [1.165, 1.54) is 5.19 Å². The van der Waals surface area contributed by atoms with Crippen LogP contribution >= 0.6 is 0 Å². The average molecular weight is 190 g/mol. The van der Waals surface area contributed by atoms with Crippen molar-refractivity contribution < 1.29 is 5.11 Å². The zero-order valence-electron chi connectivity index (χ0n) is 7.77. The Morgan fingerprint density at radius 2 is 2.00 bits per heavy atom. The molecule has 0 saturated carbocycles. The molecule has 2 atom stereocenters. The number of aliphatic hydroxyl groups is 1. The van der Waals surface area contributed by atoms with Crippen LogP contribution < -0.4 is 5.19 Å². The van der Waals surface area contributed by atoms with Crippen molar-refractivity contribution in [2.75, 3.05) is 0 Å². The van der Waals surface area contributed by atoms with E-state index in [4.69, 9.17) is 0 Å². The van der Waals surface area contributed by atoms with Crippen molar-refractivity contribution in [1.29, 1.82) is 0 Å². The molecular formula is C11H14OSi. The fourth-order valence-electron chi connectivity index (χ4n) is 1.93. The van der Waals surface area contributed by atoms with Crippen LogP contribution in [-0.4, -0.2) is 19.3 Å². The predicted octanol–water partition coefficient (Wildman–Crippen LogP) is 1.44. The molecule has 2 rings (SSSR count). The molecule has 0 spiro atoms. The molecule has 0 aromatic heterocycles. The third-order valence-electron chi connectivity index (χ3n) is 2.75. The van der Waals surface area contributed by atoms with E-state index in [1.54, 1.807) is 0 Å². The molecule has 1 aliphatic heterocycles. The molecule has 1 aromatic carbocycles. The molecule has 0 bridgehead atoms. The Hall–Kier alpha value is -0.863. The summed E-state index contributed by atoms with van der Waals surface area (Å²) in [6.45, 7) is 2.30. The van der Waals surface area contributed by atoms with E-state index in [-0.39, 0.29) is 6.10 Å². The molecule has 13 heavy (non-hydrogen) atoms. The van der Waals surface area contributed by atoms with Crippen LogP contribution in [0.4, 0.5) is 0 Å². The lowest BCUT2D eigenvalue weighted by molar-refractivity contribution is 0.246. The van der Waals surface area contributed by atoms with Gasteiger partial charge in [0.2, 0.25) is 0 Å². The smallest absolute Gasteiger partial charge is 0.109 e. The Labute approximate surface area is 79.7 Å². The zero-order valence-corrected chi connectivity index (χ0v) is 8.77. The van der Waals surface area contributed by atoms with Crippen molar-refractivity contribution in [2.24, 2.45) is 0 Å². The van der Waals surface area contributed by atoms with Crippen molar-refractivity contribution >= 4 is 13.3 Å². The first-order valence-corrected chi connectivity index (χ1v) is 7.42. The Morgan fingerprint density at radius 1 is 1.31 bits per heavy atom. The first kappa shape index (κ1) is 8.72. The summed E-state index contributed by atoms with van der Waals surface area (Å²) in [4.78, 5) is 0. The molecule has 68 valence electrons. The number of rotatable bonds is 1. The second-order valence-corrected chi connectivity index (χ2v) is 8.07. The van der Waals surface area contributed by atoms with Crippen molar-refractivity contribution in [3.05, 3.63) is 42.1 Å². The van der Waals surface area contributed by atoms with Gasteiger partial charge in [0.1, 0.15) is 8.07 Å². The quantitative estimate of drug-likeness (QED) is 0.664. The minimum atomic E-state index is -1.46. The number of hydrogen-bond donors (Lipinski definition) is 1. The van der Waals surface area contributed by atoms with E-state index >= 15 is 0 Å². The second kappa shape index (κ2) is 3.12. The Balaban J connectivity index is 2.32. The highest BCUT2D eigenvalue weighted by atomic mass is 28.3. The van der Waals surface area contributed by atoms with E-state index < -0.39 is 8.07 Å². The van der Waals surface area contributed by atoms with Crippen molar-refractivity contribution in [2.45, 2.75) is 18.7 Å². The van der Waals surface area contributed by atoms with Crippen LogP contribution in [-0.2, 0) is 0 Å². The first-order chi connectivity index (χ1) is 6.21. The van der Waals surface area contributed by atoms with Gasteiger partial charge in [-0.2, -0.15) is 0 Å². The normalized spacial score (nSPS) is 32.3. The Morgan fingerprint density at radius 3 is 2.54 bits per heavy atom. The summed E-state index contributed by atoms with van der Waals surface area (Å²) in [6.07, 6.45) is 1.73. The van der Waals surface area contributed by atoms with Gasteiger partial charge in [-0.25, -0.2) is 0 Å². The van der Waals surface area contributed by atoms with Gasteiger partial charge in [-0.1, -0.05) is 53.8 Å². The number of benzene rings is 1. The summed E-state index contributed by atoms with van der Waals surface area (Å²) in [5.41, 5.74) is 2.24. The lowest BCUT2D eigenvalue weighted by Gasteiger charge is -2.20. The summed E-state index contributed by atoms with van der Waals surface area (Å²) >= 11 is 0. The maximum Gasteiger partial charge on any atom is 0.109 e. The maximum atomic E-state index is 9.47. The molecule has 0 aliphatic carbocycles. The van der Waals surface area contributed by atoms with Crippen molar-refractivity contribution in [3.63, 3.8) is 0 Å². The monoisotopic (exact) mass is 190 g/mol. The molecule has 1 heterocycles. The second-order valence-electron chi connectivity index (χ2n) is 3.91. The van der Waals surface area contributed by atoms with E-state index in [9.17, 15) is 5.11 Å². The minimum absolute atomic E-state index is 0.211. The highest BCUT2D eigenvalue weighted by Gasteiger charge is 2.32. The van der Waals surface area contributed by atoms with E-state index in [0.717, 1.165) is 6.04 Å². The molecule has 0 radical (unpaired) electrons. The summed E-state index contributed by atoms with van der Waals surface area (Å²) in [6, 6.07) is 11.5. The molecule has 0 fully saturated rings. The minimum Gasteiger partial charge on any atom is -0.389 e. The first-order valence-electron chi connectivity index (χ1n) is 4.64. The van der Waals surface area contributed by atoms with Crippen LogP contribution in [0.3, 0.4) is 0 Å². The van der Waals surface area contributed by atoms with Crippen LogP contribution in [0.25, 0.3) is 0 Å². The van der Waals surface area contributed by atoms with Crippen LogP contribution in [0.2, 0.25) is 12.6 Å². The summed E-state index contributed by atoms with van der Waals surface area (Å²) in [7, 11) is -1.46. The molecule has 0 saturated heterocycles. The van der Waals surface area contributed by atoms with Gasteiger partial charge in [0, 0.05) is 0 Å². The van der Waals surface area contributed by atoms with Gasteiger partial charge in [-0.3, -0.25) is 0 Å². The van der Waals surface area contributed by atoms with Crippen molar-refractivity contribution in [1.82, 2.24) is 0 Å². The van der Waals surface area contributed by atoms with Gasteiger partial charge in [0.15, 0.2) is 0 Å². The highest BCUT2D eigenvalue weighted by molar-refractivity contribution is 6.95. The standard InChI is InChI=1S/C11H14OSi/c1-13(8-7-10(12)9-13)11-5-3-2-4-6-11/h2-8,10,12H,9H2,1H3/t10-,13-/m0/s1. The Kier molecular flexibility index (Phi) is 2.10. The fourth-order valence-corrected chi connectivity index (χ4v) is 5.10. The lowest BCUT2D eigenvalue weighted by atomic mass is 10.4. The van der Waals surface area contributed by atoms with E-state index in [2.05, 4.69) is 36.5 Å². The molecule has 1 nitrogen and oxygen atoms in total. The molecule has 2 heteroatoms. The molecular weight excluding hydrogens is 176 g/mol. The summed E-state index contributed by atoms with van der Waals surface area (Å²) < 4.78 is 0. The summed E-state index contributed by atoms with van der Waals surface area (Å²) in [5, 5.41) is 10.9. The van der Waals surface area contributed by atoms with E-state index in [0.29, 0.717) is 0 Å². The molecule has 0 amide bonds. The van der Waals surface area contributed by atoms with Crippen LogP contribution in [0, 0.1) is 0 Å². The Bertz CT molecular complexity index is 320. The topological polar surface area (TPSA) is 20.2 Å². The third kappa shape index (κ3) is 1.60. The van der Waals surface area contributed by atoms with Gasteiger partial charge in [-0.15, -0.1) is 0 Å². The third-order valence-corrected chi connectivity index (χ3v) is 6.60. The van der Waals surface area contributed by atoms with Gasteiger partial charge < -0.3 is 5.11 Å². The van der Waals surface area contributed by atoms with Gasteiger partial charge in [0.05, 0.1) is 6.10 Å². The van der Waals surface area contributed by atoms with Gasteiger partial charge >= 0.3 is 0 Å². The average Bonchev–Trinajstić information content (AvgIpc) is 2.49. The summed E-state index contributed by atoms with van der Waals surface area (Å²) in [5.74, 6) is 0. The highest BCUT2D eigenvalue weighted by Crippen LogP contribution is 2.21. The van der Waals surface area contributed by atoms with Crippen LogP contribution in [0.5, 0.6) is 0 Å². The lowest BCUT2D eigenvalue weighted by Crippen LogP contribution is -2.42. The van der Waals surface area contributed by atoms with Crippen LogP contribution in [0.1, 0.15) is 0 Å².